The van der Waals surface area contributed by atoms with E-state index in [-0.39, 0.29) is 17.5 Å². The smallest absolute Gasteiger partial charge is 0.349 e. The topological polar surface area (TPSA) is 104 Å². The molecule has 0 saturated carbocycles. The predicted molar refractivity (Wildman–Crippen MR) is 146 cm³/mol. The molecule has 0 atom stereocenters. The van der Waals surface area contributed by atoms with Crippen molar-refractivity contribution in [3.05, 3.63) is 50.7 Å². The summed E-state index contributed by atoms with van der Waals surface area (Å²) in [5.74, 6) is 0.476. The van der Waals surface area contributed by atoms with Crippen LogP contribution in [0.3, 0.4) is 0 Å². The number of esters is 1. The SMILES string of the molecule is CCCCCCCn1nc(NCCCCCc2cccc(OC(C)(C)C(=O)OCC)c2)c(=O)n(C)c1=O. The highest BCUT2D eigenvalue weighted by Gasteiger charge is 2.31. The monoisotopic (exact) mass is 516 g/mol. The Morgan fingerprint density at radius 3 is 2.49 bits per heavy atom. The number of aryl methyl sites for hydroxylation is 2. The molecule has 0 spiro atoms. The molecule has 0 radical (unpaired) electrons. The third-order valence-corrected chi connectivity index (χ3v) is 6.18. The van der Waals surface area contributed by atoms with Gasteiger partial charge in [-0.25, -0.2) is 14.3 Å². The van der Waals surface area contributed by atoms with E-state index in [1.54, 1.807) is 20.8 Å². The Hall–Kier alpha value is -3.10. The molecular weight excluding hydrogens is 472 g/mol. The number of ether oxygens (including phenoxy) is 2. The lowest BCUT2D eigenvalue weighted by Gasteiger charge is -2.24. The number of nitrogens with one attached hydrogen (secondary N) is 1. The number of aromatic nitrogens is 3. The highest BCUT2D eigenvalue weighted by molar-refractivity contribution is 5.79. The first-order valence-electron chi connectivity index (χ1n) is 13.6. The third-order valence-electron chi connectivity index (χ3n) is 6.18. The number of unbranched alkanes of at least 4 members (excludes halogenated alkanes) is 6. The Labute approximate surface area is 220 Å². The van der Waals surface area contributed by atoms with Crippen molar-refractivity contribution in [3.8, 4) is 5.75 Å². The molecule has 0 aliphatic heterocycles. The minimum absolute atomic E-state index is 0.227. The lowest BCUT2D eigenvalue weighted by atomic mass is 10.1. The molecule has 1 aromatic carbocycles. The number of carbonyl (C=O) groups is 1. The van der Waals surface area contributed by atoms with Gasteiger partial charge in [-0.1, -0.05) is 51.2 Å². The first-order chi connectivity index (χ1) is 17.7. The van der Waals surface area contributed by atoms with Crippen molar-refractivity contribution in [3.63, 3.8) is 0 Å². The van der Waals surface area contributed by atoms with E-state index in [2.05, 4.69) is 17.3 Å². The van der Waals surface area contributed by atoms with Crippen LogP contribution >= 0.6 is 0 Å². The van der Waals surface area contributed by atoms with E-state index in [4.69, 9.17) is 9.47 Å². The summed E-state index contributed by atoms with van der Waals surface area (Å²) in [5, 5.41) is 7.41. The minimum Gasteiger partial charge on any atom is -0.476 e. The first-order valence-corrected chi connectivity index (χ1v) is 13.6. The summed E-state index contributed by atoms with van der Waals surface area (Å²) < 4.78 is 13.5. The van der Waals surface area contributed by atoms with Crippen LogP contribution in [-0.4, -0.2) is 39.1 Å². The van der Waals surface area contributed by atoms with Crippen molar-refractivity contribution < 1.29 is 14.3 Å². The molecule has 0 aliphatic carbocycles. The van der Waals surface area contributed by atoms with E-state index in [0.717, 1.165) is 55.1 Å². The van der Waals surface area contributed by atoms with E-state index in [1.165, 1.54) is 24.6 Å². The zero-order valence-electron chi connectivity index (χ0n) is 23.2. The zero-order chi connectivity index (χ0) is 27.3. The highest BCUT2D eigenvalue weighted by atomic mass is 16.6. The first kappa shape index (κ1) is 30.1. The lowest BCUT2D eigenvalue weighted by molar-refractivity contribution is -0.158. The maximum atomic E-state index is 12.5. The summed E-state index contributed by atoms with van der Waals surface area (Å²) in [5.41, 5.74) is -0.688. The summed E-state index contributed by atoms with van der Waals surface area (Å²) in [6.07, 6.45) is 9.09. The lowest BCUT2D eigenvalue weighted by Crippen LogP contribution is -2.41. The molecule has 9 heteroatoms. The van der Waals surface area contributed by atoms with E-state index in [0.29, 0.717) is 25.4 Å². The van der Waals surface area contributed by atoms with Crippen molar-refractivity contribution in [1.82, 2.24) is 14.3 Å². The highest BCUT2D eigenvalue weighted by Crippen LogP contribution is 2.22. The van der Waals surface area contributed by atoms with Crippen molar-refractivity contribution in [2.75, 3.05) is 18.5 Å². The average Bonchev–Trinajstić information content (AvgIpc) is 2.86. The number of hydrogen-bond donors (Lipinski definition) is 1. The number of anilines is 1. The minimum atomic E-state index is -1.05. The Morgan fingerprint density at radius 2 is 1.76 bits per heavy atom. The number of benzene rings is 1. The molecule has 2 aromatic rings. The molecule has 2 rings (SSSR count). The van der Waals surface area contributed by atoms with Gasteiger partial charge >= 0.3 is 11.7 Å². The maximum absolute atomic E-state index is 12.5. The van der Waals surface area contributed by atoms with Crippen LogP contribution in [0.2, 0.25) is 0 Å². The second kappa shape index (κ2) is 15.2. The second-order valence-corrected chi connectivity index (χ2v) is 9.85. The molecule has 0 saturated heterocycles. The van der Waals surface area contributed by atoms with E-state index in [9.17, 15) is 14.4 Å². The van der Waals surface area contributed by atoms with E-state index >= 15 is 0 Å². The van der Waals surface area contributed by atoms with Gasteiger partial charge in [0.1, 0.15) is 5.75 Å². The van der Waals surface area contributed by atoms with Gasteiger partial charge in [-0.3, -0.25) is 9.36 Å². The Bertz CT molecular complexity index is 1110. The standard InChI is InChI=1S/C28H44N4O5/c1-6-8-9-10-14-20-32-27(35)31(5)25(33)24(30-32)29-19-13-11-12-16-22-17-15-18-23(21-22)37-28(3,4)26(34)36-7-2/h15,17-18,21H,6-14,16,19-20H2,1-5H3,(H,29,30). The van der Waals surface area contributed by atoms with Crippen LogP contribution in [0.5, 0.6) is 5.75 Å². The van der Waals surface area contributed by atoms with Crippen LogP contribution < -0.4 is 21.3 Å². The molecular formula is C28H44N4O5. The van der Waals surface area contributed by atoms with E-state index < -0.39 is 11.2 Å². The molecule has 0 aliphatic rings. The molecule has 0 bridgehead atoms. The number of hydrogen-bond acceptors (Lipinski definition) is 7. The Kier molecular flexibility index (Phi) is 12.4. The van der Waals surface area contributed by atoms with Gasteiger partial charge in [0.15, 0.2) is 5.60 Å². The summed E-state index contributed by atoms with van der Waals surface area (Å²) in [7, 11) is 1.50. The van der Waals surface area contributed by atoms with Crippen LogP contribution in [0.15, 0.2) is 33.9 Å². The van der Waals surface area contributed by atoms with Gasteiger partial charge in [-0.2, -0.15) is 0 Å². The van der Waals surface area contributed by atoms with E-state index in [1.807, 2.05) is 24.3 Å². The van der Waals surface area contributed by atoms with Crippen LogP contribution in [0, 0.1) is 0 Å². The molecule has 1 heterocycles. The Balaban J connectivity index is 1.81. The summed E-state index contributed by atoms with van der Waals surface area (Å²) >= 11 is 0. The maximum Gasteiger partial charge on any atom is 0.349 e. The molecule has 0 unspecified atom stereocenters. The third kappa shape index (κ3) is 9.70. The van der Waals surface area contributed by atoms with Crippen LogP contribution in [0.4, 0.5) is 5.82 Å². The largest absolute Gasteiger partial charge is 0.476 e. The molecule has 0 fully saturated rings. The van der Waals surface area contributed by atoms with Gasteiger partial charge in [-0.05, 0) is 64.2 Å². The predicted octanol–water partition coefficient (Wildman–Crippen LogP) is 4.46. The molecule has 0 amide bonds. The summed E-state index contributed by atoms with van der Waals surface area (Å²) in [6, 6.07) is 7.76. The van der Waals surface area contributed by atoms with Gasteiger partial charge < -0.3 is 14.8 Å². The van der Waals surface area contributed by atoms with Gasteiger partial charge in [0.25, 0.3) is 5.56 Å². The normalized spacial score (nSPS) is 11.4. The fourth-order valence-electron chi connectivity index (χ4n) is 3.99. The summed E-state index contributed by atoms with van der Waals surface area (Å²) in [6.45, 7) is 8.78. The number of carbonyl (C=O) groups excluding carboxylic acids is 1. The fourth-order valence-corrected chi connectivity index (χ4v) is 3.99. The molecule has 9 nitrogen and oxygen atoms in total. The quantitative estimate of drug-likeness (QED) is 0.245. The van der Waals surface area contributed by atoms with Crippen molar-refractivity contribution >= 4 is 11.8 Å². The van der Waals surface area contributed by atoms with Crippen molar-refractivity contribution in [2.45, 2.75) is 97.6 Å². The van der Waals surface area contributed by atoms with Gasteiger partial charge in [0, 0.05) is 20.1 Å². The number of nitrogens with zero attached hydrogens (tertiary/aromatic N) is 3. The fraction of sp³-hybridized carbons (Fsp3) is 0.643. The van der Waals surface area contributed by atoms with Gasteiger partial charge in [0.2, 0.25) is 5.82 Å². The van der Waals surface area contributed by atoms with Crippen molar-refractivity contribution in [1.29, 1.82) is 0 Å². The molecule has 1 N–H and O–H groups in total. The molecule has 206 valence electrons. The average molecular weight is 517 g/mol. The molecule has 1 aromatic heterocycles. The van der Waals surface area contributed by atoms with Gasteiger partial charge in [-0.15, -0.1) is 5.10 Å². The Morgan fingerprint density at radius 1 is 1.03 bits per heavy atom. The second-order valence-electron chi connectivity index (χ2n) is 9.85. The van der Waals surface area contributed by atoms with Crippen LogP contribution in [0.1, 0.15) is 84.6 Å². The molecule has 37 heavy (non-hydrogen) atoms. The van der Waals surface area contributed by atoms with Crippen molar-refractivity contribution in [2.24, 2.45) is 7.05 Å². The van der Waals surface area contributed by atoms with Crippen LogP contribution in [0.25, 0.3) is 0 Å². The zero-order valence-corrected chi connectivity index (χ0v) is 23.2. The van der Waals surface area contributed by atoms with Gasteiger partial charge in [0.05, 0.1) is 6.61 Å². The number of rotatable bonds is 17. The van der Waals surface area contributed by atoms with Crippen LogP contribution in [-0.2, 0) is 29.5 Å². The summed E-state index contributed by atoms with van der Waals surface area (Å²) in [4.78, 5) is 36.9.